The van der Waals surface area contributed by atoms with Gasteiger partial charge in [0, 0.05) is 18.8 Å². The van der Waals surface area contributed by atoms with Crippen molar-refractivity contribution in [2.24, 2.45) is 7.05 Å². The quantitative estimate of drug-likeness (QED) is 0.599. The number of Topliss-reactive ketones (excluding diaryl/α,β-unsaturated/α-hetero) is 2. The topological polar surface area (TPSA) is 70.4 Å². The molecule has 0 bridgehead atoms. The van der Waals surface area contributed by atoms with Gasteiger partial charge in [0.05, 0.1) is 20.6 Å². The number of hydrogen-bond acceptors (Lipinski definition) is 5. The first-order chi connectivity index (χ1) is 10.0. The van der Waals surface area contributed by atoms with E-state index >= 15 is 0 Å². The number of nitrogens with zero attached hydrogens (tertiary/aromatic N) is 2. The summed E-state index contributed by atoms with van der Waals surface area (Å²) in [6.07, 6.45) is 1.43. The van der Waals surface area contributed by atoms with Gasteiger partial charge in [-0.1, -0.05) is 0 Å². The summed E-state index contributed by atoms with van der Waals surface area (Å²) < 4.78 is 11.8. The van der Waals surface area contributed by atoms with Crippen LogP contribution in [0.4, 0.5) is 0 Å². The summed E-state index contributed by atoms with van der Waals surface area (Å²) in [5.74, 6) is 0.390. The molecule has 0 aliphatic heterocycles. The Bertz CT molecular complexity index is 676. The van der Waals surface area contributed by atoms with Crippen molar-refractivity contribution in [3.8, 4) is 11.5 Å². The van der Waals surface area contributed by atoms with Crippen LogP contribution in [0, 0.1) is 0 Å². The second-order valence-electron chi connectivity index (χ2n) is 4.47. The molecule has 0 amide bonds. The standard InChI is InChI=1S/C15H16N2O4/c1-17-7-6-11(16-17)13(19)9-12(18)10-4-5-14(20-2)15(8-10)21-3/h4-8H,9H2,1-3H3. The number of carbonyl (C=O) groups is 2. The van der Waals surface area contributed by atoms with Crippen LogP contribution in [0.3, 0.4) is 0 Å². The second kappa shape index (κ2) is 6.21. The fraction of sp³-hybridized carbons (Fsp3) is 0.267. The third-order valence-corrected chi connectivity index (χ3v) is 3.03. The van der Waals surface area contributed by atoms with Gasteiger partial charge in [0.15, 0.2) is 23.1 Å². The highest BCUT2D eigenvalue weighted by atomic mass is 16.5. The Balaban J connectivity index is 2.15. The van der Waals surface area contributed by atoms with Crippen molar-refractivity contribution in [3.63, 3.8) is 0 Å². The second-order valence-corrected chi connectivity index (χ2v) is 4.47. The van der Waals surface area contributed by atoms with E-state index in [1.165, 1.54) is 18.9 Å². The lowest BCUT2D eigenvalue weighted by Gasteiger charge is -2.08. The van der Waals surface area contributed by atoms with Crippen LogP contribution in [0.2, 0.25) is 0 Å². The molecule has 0 atom stereocenters. The molecule has 0 aliphatic carbocycles. The van der Waals surface area contributed by atoms with Crippen LogP contribution in [0.25, 0.3) is 0 Å². The van der Waals surface area contributed by atoms with Crippen LogP contribution >= 0.6 is 0 Å². The van der Waals surface area contributed by atoms with Crippen LogP contribution in [-0.2, 0) is 7.05 Å². The van der Waals surface area contributed by atoms with Crippen molar-refractivity contribution in [2.75, 3.05) is 14.2 Å². The zero-order valence-corrected chi connectivity index (χ0v) is 12.1. The average molecular weight is 288 g/mol. The van der Waals surface area contributed by atoms with Crippen LogP contribution in [0.15, 0.2) is 30.5 Å². The molecule has 0 saturated heterocycles. The number of aryl methyl sites for hydroxylation is 1. The van der Waals surface area contributed by atoms with Crippen molar-refractivity contribution < 1.29 is 19.1 Å². The predicted octanol–water partition coefficient (Wildman–Crippen LogP) is 1.89. The summed E-state index contributed by atoms with van der Waals surface area (Å²) in [5.41, 5.74) is 0.684. The van der Waals surface area contributed by atoms with E-state index in [0.29, 0.717) is 17.1 Å². The fourth-order valence-corrected chi connectivity index (χ4v) is 1.91. The minimum absolute atomic E-state index is 0.230. The van der Waals surface area contributed by atoms with Crippen molar-refractivity contribution in [1.82, 2.24) is 9.78 Å². The average Bonchev–Trinajstić information content (AvgIpc) is 2.93. The summed E-state index contributed by atoms with van der Waals surface area (Å²) in [4.78, 5) is 24.1. The van der Waals surface area contributed by atoms with E-state index in [1.807, 2.05) is 0 Å². The van der Waals surface area contributed by atoms with Gasteiger partial charge in [-0.05, 0) is 24.3 Å². The van der Waals surface area contributed by atoms with E-state index in [1.54, 1.807) is 37.5 Å². The number of hydrogen-bond donors (Lipinski definition) is 0. The summed E-state index contributed by atoms with van der Waals surface area (Å²) in [5, 5.41) is 3.99. The molecular weight excluding hydrogens is 272 g/mol. The molecule has 0 radical (unpaired) electrons. The van der Waals surface area contributed by atoms with Gasteiger partial charge in [0.25, 0.3) is 0 Å². The number of methoxy groups -OCH3 is 2. The Labute approximate surface area is 122 Å². The van der Waals surface area contributed by atoms with Crippen LogP contribution in [-0.4, -0.2) is 35.6 Å². The summed E-state index contributed by atoms with van der Waals surface area (Å²) in [6.45, 7) is 0. The molecule has 0 aliphatic rings. The number of ether oxygens (including phenoxy) is 2. The lowest BCUT2D eigenvalue weighted by Crippen LogP contribution is -2.10. The normalized spacial score (nSPS) is 10.2. The summed E-state index contributed by atoms with van der Waals surface area (Å²) in [7, 11) is 4.72. The zero-order chi connectivity index (χ0) is 15.4. The molecule has 2 aromatic rings. The highest BCUT2D eigenvalue weighted by Gasteiger charge is 2.17. The number of aromatic nitrogens is 2. The third-order valence-electron chi connectivity index (χ3n) is 3.03. The van der Waals surface area contributed by atoms with Crippen LogP contribution in [0.1, 0.15) is 27.3 Å². The van der Waals surface area contributed by atoms with Crippen molar-refractivity contribution in [1.29, 1.82) is 0 Å². The molecule has 0 spiro atoms. The molecule has 0 N–H and O–H groups in total. The zero-order valence-electron chi connectivity index (χ0n) is 12.1. The Hall–Kier alpha value is -2.63. The highest BCUT2D eigenvalue weighted by molar-refractivity contribution is 6.13. The lowest BCUT2D eigenvalue weighted by atomic mass is 10.0. The van der Waals surface area contributed by atoms with Gasteiger partial charge < -0.3 is 9.47 Å². The Morgan fingerprint density at radius 1 is 1.10 bits per heavy atom. The molecule has 1 aromatic carbocycles. The number of ketones is 2. The predicted molar refractivity (Wildman–Crippen MR) is 76.0 cm³/mol. The van der Waals surface area contributed by atoms with E-state index in [4.69, 9.17) is 9.47 Å². The highest BCUT2D eigenvalue weighted by Crippen LogP contribution is 2.28. The maximum absolute atomic E-state index is 12.2. The van der Waals surface area contributed by atoms with Gasteiger partial charge in [-0.3, -0.25) is 14.3 Å². The first-order valence-corrected chi connectivity index (χ1v) is 6.33. The van der Waals surface area contributed by atoms with Gasteiger partial charge in [-0.25, -0.2) is 0 Å². The van der Waals surface area contributed by atoms with Crippen LogP contribution in [0.5, 0.6) is 11.5 Å². The maximum Gasteiger partial charge on any atom is 0.190 e. The van der Waals surface area contributed by atoms with Crippen LogP contribution < -0.4 is 9.47 Å². The van der Waals surface area contributed by atoms with Gasteiger partial charge in [0.2, 0.25) is 0 Å². The molecule has 6 heteroatoms. The van der Waals surface area contributed by atoms with E-state index < -0.39 is 0 Å². The first kappa shape index (κ1) is 14.8. The molecule has 0 saturated carbocycles. The van der Waals surface area contributed by atoms with E-state index in [9.17, 15) is 9.59 Å². The fourth-order valence-electron chi connectivity index (χ4n) is 1.91. The lowest BCUT2D eigenvalue weighted by molar-refractivity contribution is 0.0891. The Kier molecular flexibility index (Phi) is 4.37. The molecule has 110 valence electrons. The third kappa shape index (κ3) is 3.28. The minimum Gasteiger partial charge on any atom is -0.493 e. The van der Waals surface area contributed by atoms with Gasteiger partial charge >= 0.3 is 0 Å². The minimum atomic E-state index is -0.310. The SMILES string of the molecule is COc1ccc(C(=O)CC(=O)c2ccn(C)n2)cc1OC. The van der Waals surface area contributed by atoms with E-state index in [-0.39, 0.29) is 23.7 Å². The van der Waals surface area contributed by atoms with Crippen molar-refractivity contribution in [2.45, 2.75) is 6.42 Å². The first-order valence-electron chi connectivity index (χ1n) is 6.33. The van der Waals surface area contributed by atoms with Gasteiger partial charge in [-0.15, -0.1) is 0 Å². The number of benzene rings is 1. The van der Waals surface area contributed by atoms with E-state index in [2.05, 4.69) is 5.10 Å². The monoisotopic (exact) mass is 288 g/mol. The molecule has 1 aromatic heterocycles. The van der Waals surface area contributed by atoms with Crippen molar-refractivity contribution in [3.05, 3.63) is 41.7 Å². The molecular formula is C15H16N2O4. The molecule has 0 unspecified atom stereocenters. The van der Waals surface area contributed by atoms with Gasteiger partial charge in [-0.2, -0.15) is 5.10 Å². The summed E-state index contributed by atoms with van der Waals surface area (Å²) >= 11 is 0. The Morgan fingerprint density at radius 3 is 2.38 bits per heavy atom. The smallest absolute Gasteiger partial charge is 0.190 e. The van der Waals surface area contributed by atoms with E-state index in [0.717, 1.165) is 0 Å². The molecule has 21 heavy (non-hydrogen) atoms. The van der Waals surface area contributed by atoms with Crippen molar-refractivity contribution >= 4 is 11.6 Å². The largest absolute Gasteiger partial charge is 0.493 e. The number of carbonyl (C=O) groups excluding carboxylic acids is 2. The summed E-state index contributed by atoms with van der Waals surface area (Å²) in [6, 6.07) is 6.39. The molecule has 0 fully saturated rings. The maximum atomic E-state index is 12.2. The number of rotatable bonds is 6. The van der Waals surface area contributed by atoms with Gasteiger partial charge in [0.1, 0.15) is 5.69 Å². The Morgan fingerprint density at radius 2 is 1.81 bits per heavy atom. The molecule has 1 heterocycles. The molecule has 6 nitrogen and oxygen atoms in total. The molecule has 2 rings (SSSR count).